The highest BCUT2D eigenvalue weighted by molar-refractivity contribution is 5.67. The second kappa shape index (κ2) is 9.56. The zero-order valence-corrected chi connectivity index (χ0v) is 18.5. The summed E-state index contributed by atoms with van der Waals surface area (Å²) in [5.41, 5.74) is 2.19. The smallest absolute Gasteiger partial charge is 0.164 e. The summed E-state index contributed by atoms with van der Waals surface area (Å²) in [4.78, 5) is 2.31. The number of ether oxygens (including phenoxy) is 3. The number of halogens is 2. The standard InChI is InChI=1S/C24H27F2N3O3/c1-30-20-11-22(32-3)21(31-2)10-16(20)14-29-9-5-6-15(13-29)24-17(12-27-28-24)23-18(25)7-4-8-19(23)26/h4,7-8,10-12,15H,5-6,9,13-14H2,1-3H3,(H,27,28). The number of aromatic amines is 1. The van der Waals surface area contributed by atoms with Crippen molar-refractivity contribution in [3.63, 3.8) is 0 Å². The Morgan fingerprint density at radius 3 is 2.41 bits per heavy atom. The van der Waals surface area contributed by atoms with E-state index in [1.807, 2.05) is 12.1 Å². The molecule has 1 fully saturated rings. The van der Waals surface area contributed by atoms with E-state index in [9.17, 15) is 8.78 Å². The van der Waals surface area contributed by atoms with E-state index in [0.29, 0.717) is 23.6 Å². The molecule has 0 spiro atoms. The van der Waals surface area contributed by atoms with Crippen LogP contribution in [0, 0.1) is 11.6 Å². The molecular weight excluding hydrogens is 416 g/mol. The summed E-state index contributed by atoms with van der Waals surface area (Å²) >= 11 is 0. The molecule has 1 unspecified atom stereocenters. The highest BCUT2D eigenvalue weighted by Gasteiger charge is 2.28. The minimum Gasteiger partial charge on any atom is -0.496 e. The van der Waals surface area contributed by atoms with Gasteiger partial charge in [0, 0.05) is 41.9 Å². The summed E-state index contributed by atoms with van der Waals surface area (Å²) in [6.45, 7) is 2.28. The summed E-state index contributed by atoms with van der Waals surface area (Å²) in [5.74, 6) is 0.874. The summed E-state index contributed by atoms with van der Waals surface area (Å²) in [6, 6.07) is 7.66. The fourth-order valence-electron chi connectivity index (χ4n) is 4.45. The maximum Gasteiger partial charge on any atom is 0.164 e. The molecule has 4 rings (SSSR count). The van der Waals surface area contributed by atoms with E-state index >= 15 is 0 Å². The van der Waals surface area contributed by atoms with Crippen LogP contribution in [-0.4, -0.2) is 49.5 Å². The largest absolute Gasteiger partial charge is 0.496 e. The van der Waals surface area contributed by atoms with Gasteiger partial charge in [0.15, 0.2) is 11.5 Å². The number of H-pyrrole nitrogens is 1. The Hall–Kier alpha value is -3.13. The zero-order chi connectivity index (χ0) is 22.7. The van der Waals surface area contributed by atoms with Crippen molar-refractivity contribution in [3.05, 3.63) is 59.4 Å². The van der Waals surface area contributed by atoms with Gasteiger partial charge in [-0.2, -0.15) is 5.10 Å². The molecule has 1 aliphatic heterocycles. The summed E-state index contributed by atoms with van der Waals surface area (Å²) in [7, 11) is 4.82. The lowest BCUT2D eigenvalue weighted by Gasteiger charge is -2.33. The minimum absolute atomic E-state index is 0.0325. The monoisotopic (exact) mass is 443 g/mol. The van der Waals surface area contributed by atoms with E-state index in [1.165, 1.54) is 24.4 Å². The molecule has 1 N–H and O–H groups in total. The van der Waals surface area contributed by atoms with Gasteiger partial charge in [0.05, 0.1) is 33.1 Å². The molecule has 170 valence electrons. The second-order valence-electron chi connectivity index (χ2n) is 7.89. The first-order valence-corrected chi connectivity index (χ1v) is 10.5. The Balaban J connectivity index is 1.58. The lowest BCUT2D eigenvalue weighted by atomic mass is 9.90. The third-order valence-corrected chi connectivity index (χ3v) is 6.00. The number of nitrogens with zero attached hydrogens (tertiary/aromatic N) is 2. The van der Waals surface area contributed by atoms with Gasteiger partial charge >= 0.3 is 0 Å². The molecule has 1 saturated heterocycles. The van der Waals surface area contributed by atoms with Crippen LogP contribution in [0.15, 0.2) is 36.5 Å². The van der Waals surface area contributed by atoms with Crippen LogP contribution >= 0.6 is 0 Å². The summed E-state index contributed by atoms with van der Waals surface area (Å²) in [6.07, 6.45) is 3.37. The Morgan fingerprint density at radius 1 is 1.03 bits per heavy atom. The van der Waals surface area contributed by atoms with Gasteiger partial charge in [0.2, 0.25) is 0 Å². The van der Waals surface area contributed by atoms with Crippen LogP contribution in [0.2, 0.25) is 0 Å². The summed E-state index contributed by atoms with van der Waals surface area (Å²) in [5, 5.41) is 7.10. The van der Waals surface area contributed by atoms with Crippen molar-refractivity contribution in [1.82, 2.24) is 15.1 Å². The van der Waals surface area contributed by atoms with Crippen molar-refractivity contribution >= 4 is 0 Å². The highest BCUT2D eigenvalue weighted by atomic mass is 19.1. The van der Waals surface area contributed by atoms with E-state index in [0.717, 1.165) is 42.9 Å². The van der Waals surface area contributed by atoms with Crippen LogP contribution in [-0.2, 0) is 6.54 Å². The van der Waals surface area contributed by atoms with E-state index < -0.39 is 11.6 Å². The molecule has 1 aromatic heterocycles. The molecule has 3 aromatic rings. The molecule has 0 saturated carbocycles. The van der Waals surface area contributed by atoms with Crippen LogP contribution in [0.25, 0.3) is 11.1 Å². The molecule has 8 heteroatoms. The fraction of sp³-hybridized carbons (Fsp3) is 0.375. The molecule has 32 heavy (non-hydrogen) atoms. The van der Waals surface area contributed by atoms with Crippen LogP contribution < -0.4 is 14.2 Å². The molecule has 0 aliphatic carbocycles. The van der Waals surface area contributed by atoms with Crippen LogP contribution in [0.3, 0.4) is 0 Å². The average Bonchev–Trinajstić information content (AvgIpc) is 3.28. The molecular formula is C24H27F2N3O3. The van der Waals surface area contributed by atoms with Gasteiger partial charge in [0.25, 0.3) is 0 Å². The van der Waals surface area contributed by atoms with Gasteiger partial charge in [-0.25, -0.2) is 8.78 Å². The normalized spacial score (nSPS) is 16.7. The van der Waals surface area contributed by atoms with Crippen LogP contribution in [0.1, 0.15) is 30.0 Å². The number of hydrogen-bond donors (Lipinski definition) is 1. The molecule has 0 radical (unpaired) electrons. The molecule has 0 amide bonds. The maximum atomic E-state index is 14.4. The molecule has 2 heterocycles. The second-order valence-corrected chi connectivity index (χ2v) is 7.89. The average molecular weight is 443 g/mol. The first-order chi connectivity index (χ1) is 15.5. The van der Waals surface area contributed by atoms with Crippen LogP contribution in [0.5, 0.6) is 17.2 Å². The Bertz CT molecular complexity index is 1070. The van der Waals surface area contributed by atoms with Gasteiger partial charge in [-0.05, 0) is 37.6 Å². The first-order valence-electron chi connectivity index (χ1n) is 10.5. The van der Waals surface area contributed by atoms with Gasteiger partial charge in [-0.1, -0.05) is 6.07 Å². The number of rotatable bonds is 7. The number of aromatic nitrogens is 2. The lowest BCUT2D eigenvalue weighted by Crippen LogP contribution is -2.34. The van der Waals surface area contributed by atoms with Gasteiger partial charge in [-0.3, -0.25) is 10.00 Å². The number of benzene rings is 2. The highest BCUT2D eigenvalue weighted by Crippen LogP contribution is 2.38. The molecule has 0 bridgehead atoms. The lowest BCUT2D eigenvalue weighted by molar-refractivity contribution is 0.196. The SMILES string of the molecule is COc1cc(OC)c(OC)cc1CN1CCCC(c2[nH]ncc2-c2c(F)cccc2F)C1. The molecule has 6 nitrogen and oxygen atoms in total. The summed E-state index contributed by atoms with van der Waals surface area (Å²) < 4.78 is 45.2. The Morgan fingerprint density at radius 2 is 1.72 bits per heavy atom. The first kappa shape index (κ1) is 22.1. The Kier molecular flexibility index (Phi) is 6.60. The van der Waals surface area contributed by atoms with E-state index in [4.69, 9.17) is 14.2 Å². The molecule has 2 aromatic carbocycles. The number of methoxy groups -OCH3 is 3. The van der Waals surface area contributed by atoms with E-state index in [2.05, 4.69) is 15.1 Å². The Labute approximate surface area is 186 Å². The zero-order valence-electron chi connectivity index (χ0n) is 18.5. The fourth-order valence-corrected chi connectivity index (χ4v) is 4.45. The van der Waals surface area contributed by atoms with Crippen molar-refractivity contribution in [2.75, 3.05) is 34.4 Å². The van der Waals surface area contributed by atoms with Crippen molar-refractivity contribution in [1.29, 1.82) is 0 Å². The minimum atomic E-state index is -0.588. The van der Waals surface area contributed by atoms with E-state index in [1.54, 1.807) is 21.3 Å². The van der Waals surface area contributed by atoms with Crippen molar-refractivity contribution in [2.45, 2.75) is 25.3 Å². The number of piperidine rings is 1. The van der Waals surface area contributed by atoms with Crippen molar-refractivity contribution in [3.8, 4) is 28.4 Å². The van der Waals surface area contributed by atoms with E-state index in [-0.39, 0.29) is 11.5 Å². The topological polar surface area (TPSA) is 59.6 Å². The van der Waals surface area contributed by atoms with Gasteiger partial charge < -0.3 is 14.2 Å². The number of likely N-dealkylation sites (tertiary alicyclic amines) is 1. The van der Waals surface area contributed by atoms with Crippen LogP contribution in [0.4, 0.5) is 8.78 Å². The van der Waals surface area contributed by atoms with Gasteiger partial charge in [0.1, 0.15) is 17.4 Å². The number of hydrogen-bond acceptors (Lipinski definition) is 5. The molecule has 1 aliphatic rings. The van der Waals surface area contributed by atoms with Crippen molar-refractivity contribution < 1.29 is 23.0 Å². The third-order valence-electron chi connectivity index (χ3n) is 6.00. The third kappa shape index (κ3) is 4.27. The quantitative estimate of drug-likeness (QED) is 0.571. The number of nitrogens with one attached hydrogen (secondary N) is 1. The predicted octanol–water partition coefficient (Wildman–Crippen LogP) is 4.76. The molecule has 1 atom stereocenters. The van der Waals surface area contributed by atoms with Gasteiger partial charge in [-0.15, -0.1) is 0 Å². The van der Waals surface area contributed by atoms with Crippen molar-refractivity contribution in [2.24, 2.45) is 0 Å². The predicted molar refractivity (Wildman–Crippen MR) is 117 cm³/mol. The maximum absolute atomic E-state index is 14.4.